The van der Waals surface area contributed by atoms with Gasteiger partial charge in [0.2, 0.25) is 0 Å². The molecule has 4 nitrogen and oxygen atoms in total. The van der Waals surface area contributed by atoms with Gasteiger partial charge in [0.15, 0.2) is 0 Å². The van der Waals surface area contributed by atoms with Crippen molar-refractivity contribution in [2.45, 2.75) is 0 Å². The maximum Gasteiger partial charge on any atom is 0.339 e. The van der Waals surface area contributed by atoms with Gasteiger partial charge in [-0.3, -0.25) is 0 Å². The molecule has 0 radical (unpaired) electrons. The van der Waals surface area contributed by atoms with E-state index in [0.29, 0.717) is 16.7 Å². The van der Waals surface area contributed by atoms with Crippen molar-refractivity contribution in [1.82, 2.24) is 0 Å². The Labute approximate surface area is 128 Å². The molecule has 2 aromatic carbocycles. The quantitative estimate of drug-likeness (QED) is 0.631. The van der Waals surface area contributed by atoms with Crippen molar-refractivity contribution in [1.29, 1.82) is 0 Å². The smallest absolute Gasteiger partial charge is 0.339 e. The van der Waals surface area contributed by atoms with Gasteiger partial charge in [0.1, 0.15) is 0 Å². The van der Waals surface area contributed by atoms with Crippen LogP contribution in [0.15, 0.2) is 48.5 Å². The number of esters is 2. The van der Waals surface area contributed by atoms with Gasteiger partial charge in [0.25, 0.3) is 0 Å². The summed E-state index contributed by atoms with van der Waals surface area (Å²) < 4.78 is 9.41. The topological polar surface area (TPSA) is 52.6 Å². The first-order valence-corrected chi connectivity index (χ1v) is 6.53. The molecule has 0 fully saturated rings. The van der Waals surface area contributed by atoms with Gasteiger partial charge in [-0.2, -0.15) is 0 Å². The van der Waals surface area contributed by atoms with E-state index < -0.39 is 11.9 Å². The van der Waals surface area contributed by atoms with E-state index in [0.717, 1.165) is 5.56 Å². The second-order valence-corrected chi connectivity index (χ2v) is 4.36. The molecule has 0 N–H and O–H groups in total. The van der Waals surface area contributed by atoms with Crippen molar-refractivity contribution in [2.24, 2.45) is 0 Å². The first-order valence-electron chi connectivity index (χ1n) is 6.53. The first kappa shape index (κ1) is 15.3. The van der Waals surface area contributed by atoms with E-state index in [9.17, 15) is 9.59 Å². The van der Waals surface area contributed by atoms with Crippen LogP contribution in [-0.4, -0.2) is 26.2 Å². The highest BCUT2D eigenvalue weighted by atomic mass is 16.5. The lowest BCUT2D eigenvalue weighted by Crippen LogP contribution is -2.07. The number of methoxy groups -OCH3 is 2. The Morgan fingerprint density at radius 1 is 0.864 bits per heavy atom. The molecule has 2 rings (SSSR count). The van der Waals surface area contributed by atoms with Gasteiger partial charge in [-0.1, -0.05) is 30.0 Å². The molecule has 0 saturated carbocycles. The van der Waals surface area contributed by atoms with Gasteiger partial charge in [0, 0.05) is 11.1 Å². The van der Waals surface area contributed by atoms with Gasteiger partial charge >= 0.3 is 11.9 Å². The van der Waals surface area contributed by atoms with E-state index >= 15 is 0 Å². The maximum atomic E-state index is 11.8. The molecule has 0 aromatic heterocycles. The van der Waals surface area contributed by atoms with Crippen LogP contribution in [0.1, 0.15) is 31.8 Å². The van der Waals surface area contributed by atoms with E-state index in [1.165, 1.54) is 32.4 Å². The van der Waals surface area contributed by atoms with Gasteiger partial charge < -0.3 is 9.47 Å². The summed E-state index contributed by atoms with van der Waals surface area (Å²) in [4.78, 5) is 23.4. The minimum absolute atomic E-state index is 0.304. The summed E-state index contributed by atoms with van der Waals surface area (Å²) in [7, 11) is 2.59. The lowest BCUT2D eigenvalue weighted by Gasteiger charge is -2.05. The summed E-state index contributed by atoms with van der Waals surface area (Å²) in [5, 5.41) is 0. The number of carbonyl (C=O) groups is 2. The normalized spacial score (nSPS) is 9.36. The number of benzene rings is 2. The summed E-state index contributed by atoms with van der Waals surface area (Å²) in [6, 6.07) is 13.9. The fourth-order valence-electron chi connectivity index (χ4n) is 1.84. The largest absolute Gasteiger partial charge is 0.465 e. The third kappa shape index (κ3) is 3.53. The van der Waals surface area contributed by atoms with Gasteiger partial charge in [-0.25, -0.2) is 9.59 Å². The Bertz CT molecular complexity index is 752. The van der Waals surface area contributed by atoms with Crippen LogP contribution in [0.3, 0.4) is 0 Å². The monoisotopic (exact) mass is 294 g/mol. The molecule has 0 bridgehead atoms. The van der Waals surface area contributed by atoms with Crippen molar-refractivity contribution in [3.05, 3.63) is 70.8 Å². The molecule has 4 heteroatoms. The molecule has 0 unspecified atom stereocenters. The molecule has 0 heterocycles. The van der Waals surface area contributed by atoms with Crippen molar-refractivity contribution >= 4 is 11.9 Å². The second-order valence-electron chi connectivity index (χ2n) is 4.36. The van der Waals surface area contributed by atoms with Gasteiger partial charge in [-0.05, 0) is 30.3 Å². The summed E-state index contributed by atoms with van der Waals surface area (Å²) in [6.45, 7) is 0. The highest BCUT2D eigenvalue weighted by molar-refractivity contribution is 5.95. The minimum atomic E-state index is -0.506. The lowest BCUT2D eigenvalue weighted by molar-refractivity contribution is 0.0586. The van der Waals surface area contributed by atoms with Crippen LogP contribution >= 0.6 is 0 Å². The maximum absolute atomic E-state index is 11.8. The zero-order chi connectivity index (χ0) is 15.9. The molecule has 0 aliphatic rings. The number of hydrogen-bond acceptors (Lipinski definition) is 4. The predicted molar refractivity (Wildman–Crippen MR) is 81.5 cm³/mol. The fraction of sp³-hybridized carbons (Fsp3) is 0.111. The zero-order valence-electron chi connectivity index (χ0n) is 12.3. The molecule has 110 valence electrons. The summed E-state index contributed by atoms with van der Waals surface area (Å²) in [6.07, 6.45) is 0. The average Bonchev–Trinajstić information content (AvgIpc) is 2.59. The van der Waals surface area contributed by atoms with Gasteiger partial charge in [-0.15, -0.1) is 0 Å². The molecular weight excluding hydrogens is 280 g/mol. The third-order valence-electron chi connectivity index (χ3n) is 2.96. The average molecular weight is 294 g/mol. The molecule has 0 aliphatic heterocycles. The SMILES string of the molecule is COC(=O)c1ccc(C(=O)OC)c(C#Cc2ccccc2)c1. The summed E-state index contributed by atoms with van der Waals surface area (Å²) in [5.41, 5.74) is 1.85. The second kappa shape index (κ2) is 7.09. The Balaban J connectivity index is 2.48. The Morgan fingerprint density at radius 2 is 1.55 bits per heavy atom. The molecule has 0 spiro atoms. The van der Waals surface area contributed by atoms with E-state index in [1.807, 2.05) is 30.3 Å². The van der Waals surface area contributed by atoms with Crippen LogP contribution < -0.4 is 0 Å². The van der Waals surface area contributed by atoms with E-state index in [-0.39, 0.29) is 0 Å². The standard InChI is InChI=1S/C18H14O4/c1-21-17(19)15-10-11-16(18(20)22-2)14(12-15)9-8-13-6-4-3-5-7-13/h3-7,10-12H,1-2H3. The highest BCUT2D eigenvalue weighted by Crippen LogP contribution is 2.14. The Morgan fingerprint density at radius 3 is 2.18 bits per heavy atom. The van der Waals surface area contributed by atoms with Crippen LogP contribution in [0.25, 0.3) is 0 Å². The summed E-state index contributed by atoms with van der Waals surface area (Å²) >= 11 is 0. The fourth-order valence-corrected chi connectivity index (χ4v) is 1.84. The summed E-state index contributed by atoms with van der Waals surface area (Å²) in [5.74, 6) is 4.87. The van der Waals surface area contributed by atoms with Crippen molar-refractivity contribution in [3.63, 3.8) is 0 Å². The van der Waals surface area contributed by atoms with E-state index in [2.05, 4.69) is 16.6 Å². The molecule has 22 heavy (non-hydrogen) atoms. The third-order valence-corrected chi connectivity index (χ3v) is 2.96. The zero-order valence-corrected chi connectivity index (χ0v) is 12.3. The van der Waals surface area contributed by atoms with Crippen molar-refractivity contribution in [3.8, 4) is 11.8 Å². The molecule has 2 aromatic rings. The predicted octanol–water partition coefficient (Wildman–Crippen LogP) is 2.66. The van der Waals surface area contributed by atoms with Crippen LogP contribution in [0.4, 0.5) is 0 Å². The number of hydrogen-bond donors (Lipinski definition) is 0. The molecule has 0 atom stereocenters. The van der Waals surface area contributed by atoms with Crippen molar-refractivity contribution < 1.29 is 19.1 Å². The van der Waals surface area contributed by atoms with E-state index in [1.54, 1.807) is 0 Å². The van der Waals surface area contributed by atoms with Gasteiger partial charge in [0.05, 0.1) is 25.3 Å². The molecule has 0 saturated heterocycles. The van der Waals surface area contributed by atoms with Crippen LogP contribution in [-0.2, 0) is 9.47 Å². The number of carbonyl (C=O) groups excluding carboxylic acids is 2. The Kier molecular flexibility index (Phi) is 4.94. The minimum Gasteiger partial charge on any atom is -0.465 e. The number of rotatable bonds is 2. The lowest BCUT2D eigenvalue weighted by atomic mass is 10.0. The highest BCUT2D eigenvalue weighted by Gasteiger charge is 2.14. The first-order chi connectivity index (χ1) is 10.7. The number of ether oxygens (including phenoxy) is 2. The molecule has 0 aliphatic carbocycles. The molecular formula is C18H14O4. The van der Waals surface area contributed by atoms with Crippen molar-refractivity contribution in [2.75, 3.05) is 14.2 Å². The van der Waals surface area contributed by atoms with Crippen LogP contribution in [0, 0.1) is 11.8 Å². The Hall–Kier alpha value is -3.06. The van der Waals surface area contributed by atoms with Crippen LogP contribution in [0.2, 0.25) is 0 Å². The molecule has 0 amide bonds. The van der Waals surface area contributed by atoms with Crippen LogP contribution in [0.5, 0.6) is 0 Å². The van der Waals surface area contributed by atoms with E-state index in [4.69, 9.17) is 4.74 Å².